The number of hydrogen-bond acceptors (Lipinski definition) is 3. The van der Waals surface area contributed by atoms with Crippen LogP contribution < -0.4 is 5.32 Å². The molecule has 1 saturated heterocycles. The molecule has 0 radical (unpaired) electrons. The van der Waals surface area contributed by atoms with Crippen molar-refractivity contribution in [1.29, 1.82) is 0 Å². The van der Waals surface area contributed by atoms with Gasteiger partial charge in [-0.15, -0.1) is 0 Å². The van der Waals surface area contributed by atoms with Crippen molar-refractivity contribution in [3.63, 3.8) is 0 Å². The van der Waals surface area contributed by atoms with Gasteiger partial charge in [-0.2, -0.15) is 0 Å². The molecule has 1 aliphatic rings. The Bertz CT molecular complexity index is 200. The number of rotatable bonds is 5. The zero-order valence-corrected chi connectivity index (χ0v) is 10.3. The summed E-state index contributed by atoms with van der Waals surface area (Å²) in [6, 6.07) is 0.536. The van der Waals surface area contributed by atoms with E-state index in [1.54, 1.807) is 0 Å². The Hall–Kier alpha value is -0.380. The molecule has 0 saturated carbocycles. The zero-order chi connectivity index (χ0) is 11.1. The summed E-state index contributed by atoms with van der Waals surface area (Å²) in [6.45, 7) is 12.4. The summed E-state index contributed by atoms with van der Waals surface area (Å²) in [5.74, 6) is 0. The van der Waals surface area contributed by atoms with Crippen LogP contribution in [0.4, 0.5) is 0 Å². The van der Waals surface area contributed by atoms with Gasteiger partial charge in [0.15, 0.2) is 0 Å². The third-order valence-electron chi connectivity index (χ3n) is 2.71. The lowest BCUT2D eigenvalue weighted by atomic mass is 10.2. The molecule has 15 heavy (non-hydrogen) atoms. The fraction of sp³-hybridized carbons (Fsp3) is 0.833. The standard InChI is InChI=1S/C12H24N2O/c1-4-13-9-12-10-15-8-7-14(12)6-5-11(2)3/h5,12-13H,4,6-10H2,1-3H3. The minimum atomic E-state index is 0.536. The lowest BCUT2D eigenvalue weighted by Gasteiger charge is -2.35. The molecule has 1 heterocycles. The van der Waals surface area contributed by atoms with Gasteiger partial charge < -0.3 is 10.1 Å². The van der Waals surface area contributed by atoms with E-state index >= 15 is 0 Å². The van der Waals surface area contributed by atoms with Crippen molar-refractivity contribution in [2.75, 3.05) is 39.4 Å². The van der Waals surface area contributed by atoms with Crippen LogP contribution in [0.2, 0.25) is 0 Å². The smallest absolute Gasteiger partial charge is 0.0635 e. The maximum Gasteiger partial charge on any atom is 0.0635 e. The fourth-order valence-corrected chi connectivity index (χ4v) is 1.73. The molecule has 1 N–H and O–H groups in total. The average molecular weight is 212 g/mol. The van der Waals surface area contributed by atoms with E-state index in [0.29, 0.717) is 6.04 Å². The topological polar surface area (TPSA) is 24.5 Å². The molecule has 0 bridgehead atoms. The molecule has 0 aromatic carbocycles. The lowest BCUT2D eigenvalue weighted by molar-refractivity contribution is -0.000916. The van der Waals surface area contributed by atoms with Crippen LogP contribution in [0.1, 0.15) is 20.8 Å². The third kappa shape index (κ3) is 4.78. The summed E-state index contributed by atoms with van der Waals surface area (Å²) in [6.07, 6.45) is 2.30. The number of nitrogens with zero attached hydrogens (tertiary/aromatic N) is 1. The highest BCUT2D eigenvalue weighted by molar-refractivity contribution is 4.96. The lowest BCUT2D eigenvalue weighted by Crippen LogP contribution is -2.50. The highest BCUT2D eigenvalue weighted by Gasteiger charge is 2.21. The summed E-state index contributed by atoms with van der Waals surface area (Å²) in [7, 11) is 0. The van der Waals surface area contributed by atoms with Gasteiger partial charge in [0.2, 0.25) is 0 Å². The number of allylic oxidation sites excluding steroid dienone is 1. The monoisotopic (exact) mass is 212 g/mol. The van der Waals surface area contributed by atoms with Gasteiger partial charge in [-0.1, -0.05) is 18.6 Å². The van der Waals surface area contributed by atoms with Crippen molar-refractivity contribution >= 4 is 0 Å². The predicted molar refractivity (Wildman–Crippen MR) is 64.2 cm³/mol. The van der Waals surface area contributed by atoms with E-state index in [4.69, 9.17) is 4.74 Å². The quantitative estimate of drug-likeness (QED) is 0.694. The summed E-state index contributed by atoms with van der Waals surface area (Å²) >= 11 is 0. The van der Waals surface area contributed by atoms with E-state index in [9.17, 15) is 0 Å². The molecule has 0 aromatic rings. The molecule has 1 atom stereocenters. The Morgan fingerprint density at radius 2 is 2.33 bits per heavy atom. The Morgan fingerprint density at radius 1 is 1.53 bits per heavy atom. The van der Waals surface area contributed by atoms with Crippen molar-refractivity contribution in [3.05, 3.63) is 11.6 Å². The number of hydrogen-bond donors (Lipinski definition) is 1. The van der Waals surface area contributed by atoms with Gasteiger partial charge in [0, 0.05) is 25.7 Å². The van der Waals surface area contributed by atoms with Crippen molar-refractivity contribution in [1.82, 2.24) is 10.2 Å². The molecule has 1 fully saturated rings. The first-order chi connectivity index (χ1) is 7.24. The van der Waals surface area contributed by atoms with Crippen LogP contribution in [0, 0.1) is 0 Å². The van der Waals surface area contributed by atoms with Gasteiger partial charge in [0.25, 0.3) is 0 Å². The number of ether oxygens (including phenoxy) is 1. The van der Waals surface area contributed by atoms with E-state index in [2.05, 4.69) is 37.1 Å². The van der Waals surface area contributed by atoms with Crippen molar-refractivity contribution in [3.8, 4) is 0 Å². The van der Waals surface area contributed by atoms with Crippen molar-refractivity contribution in [2.24, 2.45) is 0 Å². The van der Waals surface area contributed by atoms with Crippen LogP contribution in [0.5, 0.6) is 0 Å². The molecule has 88 valence electrons. The van der Waals surface area contributed by atoms with Crippen LogP contribution >= 0.6 is 0 Å². The number of likely N-dealkylation sites (N-methyl/N-ethyl adjacent to an activating group) is 1. The normalized spacial score (nSPS) is 22.7. The van der Waals surface area contributed by atoms with Gasteiger partial charge >= 0.3 is 0 Å². The summed E-state index contributed by atoms with van der Waals surface area (Å²) < 4.78 is 5.51. The van der Waals surface area contributed by atoms with Gasteiger partial charge in [-0.25, -0.2) is 0 Å². The van der Waals surface area contributed by atoms with E-state index in [0.717, 1.165) is 39.4 Å². The summed E-state index contributed by atoms with van der Waals surface area (Å²) in [4.78, 5) is 2.50. The Balaban J connectivity index is 2.38. The van der Waals surface area contributed by atoms with E-state index in [-0.39, 0.29) is 0 Å². The Morgan fingerprint density at radius 3 is 3.00 bits per heavy atom. The molecule has 3 heteroatoms. The van der Waals surface area contributed by atoms with Crippen LogP contribution in [-0.2, 0) is 4.74 Å². The van der Waals surface area contributed by atoms with Crippen LogP contribution in [-0.4, -0.2) is 50.3 Å². The number of nitrogens with one attached hydrogen (secondary N) is 1. The highest BCUT2D eigenvalue weighted by Crippen LogP contribution is 2.06. The van der Waals surface area contributed by atoms with E-state index in [1.807, 2.05) is 0 Å². The van der Waals surface area contributed by atoms with Crippen molar-refractivity contribution < 1.29 is 4.74 Å². The molecule has 0 aliphatic carbocycles. The molecule has 1 rings (SSSR count). The van der Waals surface area contributed by atoms with Gasteiger partial charge in [-0.05, 0) is 20.4 Å². The average Bonchev–Trinajstić information content (AvgIpc) is 2.24. The molecule has 0 amide bonds. The van der Waals surface area contributed by atoms with E-state index < -0.39 is 0 Å². The Kier molecular flexibility index (Phi) is 5.91. The molecular formula is C12H24N2O. The predicted octanol–water partition coefficient (Wildman–Crippen LogP) is 1.26. The van der Waals surface area contributed by atoms with Crippen LogP contribution in [0.25, 0.3) is 0 Å². The minimum Gasteiger partial charge on any atom is -0.378 e. The first kappa shape index (κ1) is 12.7. The first-order valence-electron chi connectivity index (χ1n) is 5.90. The van der Waals surface area contributed by atoms with Crippen LogP contribution in [0.3, 0.4) is 0 Å². The number of morpholine rings is 1. The fourth-order valence-electron chi connectivity index (χ4n) is 1.73. The summed E-state index contributed by atoms with van der Waals surface area (Å²) in [5, 5.41) is 3.39. The summed E-state index contributed by atoms with van der Waals surface area (Å²) in [5.41, 5.74) is 1.39. The molecule has 0 aromatic heterocycles. The molecule has 3 nitrogen and oxygen atoms in total. The van der Waals surface area contributed by atoms with Crippen LogP contribution in [0.15, 0.2) is 11.6 Å². The zero-order valence-electron chi connectivity index (χ0n) is 10.3. The SMILES string of the molecule is CCNCC1COCCN1CC=C(C)C. The van der Waals surface area contributed by atoms with Crippen molar-refractivity contribution in [2.45, 2.75) is 26.8 Å². The largest absolute Gasteiger partial charge is 0.378 e. The molecule has 1 unspecified atom stereocenters. The molecule has 0 spiro atoms. The third-order valence-corrected chi connectivity index (χ3v) is 2.71. The highest BCUT2D eigenvalue weighted by atomic mass is 16.5. The maximum atomic E-state index is 5.51. The Labute approximate surface area is 93.5 Å². The second kappa shape index (κ2) is 6.99. The first-order valence-corrected chi connectivity index (χ1v) is 5.90. The molecular weight excluding hydrogens is 188 g/mol. The second-order valence-corrected chi connectivity index (χ2v) is 4.31. The molecule has 1 aliphatic heterocycles. The second-order valence-electron chi connectivity index (χ2n) is 4.31. The van der Waals surface area contributed by atoms with Gasteiger partial charge in [0.1, 0.15) is 0 Å². The minimum absolute atomic E-state index is 0.536. The van der Waals surface area contributed by atoms with Gasteiger partial charge in [0.05, 0.1) is 13.2 Å². The maximum absolute atomic E-state index is 5.51. The van der Waals surface area contributed by atoms with Gasteiger partial charge in [-0.3, -0.25) is 4.90 Å². The van der Waals surface area contributed by atoms with E-state index in [1.165, 1.54) is 5.57 Å².